The van der Waals surface area contributed by atoms with Gasteiger partial charge in [0.25, 0.3) is 5.91 Å². The van der Waals surface area contributed by atoms with E-state index >= 15 is 0 Å². The zero-order chi connectivity index (χ0) is 18.5. The van der Waals surface area contributed by atoms with Crippen molar-refractivity contribution in [3.8, 4) is 0 Å². The molecule has 2 aliphatic carbocycles. The van der Waals surface area contributed by atoms with Gasteiger partial charge in [-0.3, -0.25) is 9.36 Å². The lowest BCUT2D eigenvalue weighted by Gasteiger charge is -2.38. The van der Waals surface area contributed by atoms with Crippen molar-refractivity contribution < 1.29 is 14.3 Å². The second-order valence-electron chi connectivity index (χ2n) is 8.05. The molecule has 0 spiro atoms. The molecule has 5 rings (SSSR count). The third-order valence-corrected chi connectivity index (χ3v) is 6.16. The predicted molar refractivity (Wildman–Crippen MR) is 98.5 cm³/mol. The number of aromatic amines is 1. The van der Waals surface area contributed by atoms with E-state index in [4.69, 9.17) is 4.74 Å². The van der Waals surface area contributed by atoms with E-state index in [1.807, 2.05) is 0 Å². The van der Waals surface area contributed by atoms with Gasteiger partial charge < -0.3 is 15.0 Å². The maximum absolute atomic E-state index is 12.7. The van der Waals surface area contributed by atoms with Crippen molar-refractivity contribution in [2.24, 2.45) is 5.92 Å². The molecule has 1 saturated heterocycles. The molecular formula is C20H23N3O4. The van der Waals surface area contributed by atoms with E-state index in [0.29, 0.717) is 23.4 Å². The first kappa shape index (κ1) is 16.6. The summed E-state index contributed by atoms with van der Waals surface area (Å²) in [6, 6.07) is 5.50. The number of carbonyl (C=O) groups is 2. The third-order valence-electron chi connectivity index (χ3n) is 6.16. The molecule has 2 saturated carbocycles. The zero-order valence-corrected chi connectivity index (χ0v) is 15.1. The van der Waals surface area contributed by atoms with Crippen LogP contribution in [0.15, 0.2) is 23.0 Å². The van der Waals surface area contributed by atoms with Crippen molar-refractivity contribution in [1.29, 1.82) is 0 Å². The first-order chi connectivity index (χ1) is 13.1. The van der Waals surface area contributed by atoms with Crippen molar-refractivity contribution in [3.63, 3.8) is 0 Å². The van der Waals surface area contributed by atoms with Crippen molar-refractivity contribution >= 4 is 22.9 Å². The molecule has 1 aromatic heterocycles. The lowest BCUT2D eigenvalue weighted by atomic mass is 9.78. The van der Waals surface area contributed by atoms with Crippen LogP contribution in [-0.4, -0.2) is 33.6 Å². The van der Waals surface area contributed by atoms with Crippen molar-refractivity contribution in [2.75, 3.05) is 0 Å². The molecule has 142 valence electrons. The van der Waals surface area contributed by atoms with Gasteiger partial charge in [-0.1, -0.05) is 12.8 Å². The van der Waals surface area contributed by atoms with Gasteiger partial charge >= 0.3 is 11.7 Å². The largest absolute Gasteiger partial charge is 0.449 e. The average Bonchev–Trinajstić information content (AvgIpc) is 3.43. The Kier molecular flexibility index (Phi) is 3.84. The number of benzene rings is 1. The van der Waals surface area contributed by atoms with Gasteiger partial charge in [0.05, 0.1) is 16.6 Å². The van der Waals surface area contributed by atoms with Crippen LogP contribution in [0.2, 0.25) is 0 Å². The minimum atomic E-state index is -0.732. The Hall–Kier alpha value is -2.57. The zero-order valence-electron chi connectivity index (χ0n) is 15.1. The minimum Gasteiger partial charge on any atom is -0.449 e. The highest BCUT2D eigenvalue weighted by Crippen LogP contribution is 2.36. The van der Waals surface area contributed by atoms with Crippen LogP contribution in [0.5, 0.6) is 0 Å². The standard InChI is InChI=1S/C20H23N3O4/c24-18-17(10-11-3-1-2-4-14(11)21-18)27-19(25)12-5-8-15-16(9-12)23(13-6-7-13)20(26)22-15/h5,8-9,11,13-14,17H,1-4,6-7,10H2,(H,21,24)(H,22,26). The Morgan fingerprint density at radius 3 is 2.74 bits per heavy atom. The number of rotatable bonds is 3. The molecule has 7 nitrogen and oxygen atoms in total. The predicted octanol–water partition coefficient (Wildman–Crippen LogP) is 2.27. The van der Waals surface area contributed by atoms with Gasteiger partial charge in [-0.05, 0) is 56.2 Å². The number of H-pyrrole nitrogens is 1. The number of carbonyl (C=O) groups excluding carboxylic acids is 2. The van der Waals surface area contributed by atoms with Crippen LogP contribution in [0.3, 0.4) is 0 Å². The van der Waals surface area contributed by atoms with E-state index in [1.54, 1.807) is 22.8 Å². The van der Waals surface area contributed by atoms with Crippen molar-refractivity contribution in [1.82, 2.24) is 14.9 Å². The lowest BCUT2D eigenvalue weighted by molar-refractivity contribution is -0.136. The maximum atomic E-state index is 12.7. The average molecular weight is 369 g/mol. The summed E-state index contributed by atoms with van der Waals surface area (Å²) in [5, 5.41) is 3.02. The Labute approximate surface area is 156 Å². The maximum Gasteiger partial charge on any atom is 0.338 e. The summed E-state index contributed by atoms with van der Waals surface area (Å²) in [6.07, 6.45) is 6.22. The molecule has 3 atom stereocenters. The van der Waals surface area contributed by atoms with Crippen molar-refractivity contribution in [3.05, 3.63) is 34.2 Å². The fourth-order valence-corrected chi connectivity index (χ4v) is 4.58. The number of nitrogens with zero attached hydrogens (tertiary/aromatic N) is 1. The fourth-order valence-electron chi connectivity index (χ4n) is 4.58. The molecule has 0 radical (unpaired) electrons. The highest BCUT2D eigenvalue weighted by Gasteiger charge is 2.39. The summed E-state index contributed by atoms with van der Waals surface area (Å²) in [5.74, 6) is -0.312. The number of hydrogen-bond donors (Lipinski definition) is 2. The summed E-state index contributed by atoms with van der Waals surface area (Å²) in [4.78, 5) is 40.0. The first-order valence-corrected chi connectivity index (χ1v) is 9.86. The molecule has 7 heteroatoms. The molecular weight excluding hydrogens is 346 g/mol. The van der Waals surface area contributed by atoms with E-state index in [2.05, 4.69) is 10.3 Å². The number of ether oxygens (including phenoxy) is 1. The number of piperidine rings is 1. The van der Waals surface area contributed by atoms with Crippen LogP contribution < -0.4 is 11.0 Å². The minimum absolute atomic E-state index is 0.145. The van der Waals surface area contributed by atoms with E-state index in [1.165, 1.54) is 6.42 Å². The van der Waals surface area contributed by atoms with E-state index in [-0.39, 0.29) is 23.7 Å². The molecule has 1 aromatic carbocycles. The van der Waals surface area contributed by atoms with Crippen LogP contribution in [0, 0.1) is 5.92 Å². The lowest BCUT2D eigenvalue weighted by Crippen LogP contribution is -2.54. The van der Waals surface area contributed by atoms with Gasteiger partial charge in [0.1, 0.15) is 0 Å². The Balaban J connectivity index is 1.37. The monoisotopic (exact) mass is 369 g/mol. The van der Waals surface area contributed by atoms with Gasteiger partial charge in [-0.25, -0.2) is 9.59 Å². The fraction of sp³-hybridized carbons (Fsp3) is 0.550. The van der Waals surface area contributed by atoms with E-state index in [0.717, 1.165) is 37.6 Å². The highest BCUT2D eigenvalue weighted by molar-refractivity contribution is 5.95. The number of nitrogens with one attached hydrogen (secondary N) is 2. The number of hydrogen-bond acceptors (Lipinski definition) is 4. The van der Waals surface area contributed by atoms with E-state index < -0.39 is 12.1 Å². The normalized spacial score (nSPS) is 27.9. The molecule has 2 aromatic rings. The second kappa shape index (κ2) is 6.25. The number of imidazole rings is 1. The number of aromatic nitrogens is 2. The van der Waals surface area contributed by atoms with Crippen LogP contribution in [0.4, 0.5) is 0 Å². The second-order valence-corrected chi connectivity index (χ2v) is 8.05. The first-order valence-electron chi connectivity index (χ1n) is 9.86. The third kappa shape index (κ3) is 2.95. The molecule has 1 aliphatic heterocycles. The smallest absolute Gasteiger partial charge is 0.338 e. The van der Waals surface area contributed by atoms with Crippen LogP contribution in [0.25, 0.3) is 11.0 Å². The summed E-state index contributed by atoms with van der Waals surface area (Å²) < 4.78 is 7.28. The van der Waals surface area contributed by atoms with E-state index in [9.17, 15) is 14.4 Å². The number of esters is 1. The summed E-state index contributed by atoms with van der Waals surface area (Å²) in [5.41, 5.74) is 1.66. The Bertz CT molecular complexity index is 971. The Morgan fingerprint density at radius 1 is 1.11 bits per heavy atom. The van der Waals surface area contributed by atoms with Gasteiger partial charge in [0.15, 0.2) is 6.10 Å². The summed E-state index contributed by atoms with van der Waals surface area (Å²) in [7, 11) is 0. The topological polar surface area (TPSA) is 93.2 Å². The number of amides is 1. The van der Waals surface area contributed by atoms with Crippen LogP contribution >= 0.6 is 0 Å². The summed E-state index contributed by atoms with van der Waals surface area (Å²) >= 11 is 0. The molecule has 2 N–H and O–H groups in total. The molecule has 2 heterocycles. The SMILES string of the molecule is O=C(OC1CC2CCCCC2NC1=O)c1ccc2[nH]c(=O)n(C3CC3)c2c1. The Morgan fingerprint density at radius 2 is 1.93 bits per heavy atom. The molecule has 3 aliphatic rings. The quantitative estimate of drug-likeness (QED) is 0.812. The molecule has 3 unspecified atom stereocenters. The molecule has 0 bridgehead atoms. The van der Waals surface area contributed by atoms with Gasteiger partial charge in [-0.2, -0.15) is 0 Å². The molecule has 1 amide bonds. The van der Waals surface area contributed by atoms with Crippen LogP contribution in [0.1, 0.15) is 61.3 Å². The summed E-state index contributed by atoms with van der Waals surface area (Å²) in [6.45, 7) is 0. The highest BCUT2D eigenvalue weighted by atomic mass is 16.5. The number of fused-ring (bicyclic) bond motifs is 2. The molecule has 3 fully saturated rings. The van der Waals surface area contributed by atoms with Crippen LogP contribution in [-0.2, 0) is 9.53 Å². The van der Waals surface area contributed by atoms with Crippen molar-refractivity contribution in [2.45, 2.75) is 63.1 Å². The van der Waals surface area contributed by atoms with Gasteiger partial charge in [-0.15, -0.1) is 0 Å². The molecule has 27 heavy (non-hydrogen) atoms. The van der Waals surface area contributed by atoms with Gasteiger partial charge in [0.2, 0.25) is 0 Å². The van der Waals surface area contributed by atoms with Gasteiger partial charge in [0, 0.05) is 12.1 Å².